The molecule has 0 atom stereocenters. The van der Waals surface area contributed by atoms with E-state index in [0.717, 1.165) is 39.8 Å². The number of carbonyl (C=O) groups is 2. The summed E-state index contributed by atoms with van der Waals surface area (Å²) in [4.78, 5) is 22.4. The van der Waals surface area contributed by atoms with Crippen molar-refractivity contribution in [3.8, 4) is 11.5 Å². The van der Waals surface area contributed by atoms with Crippen molar-refractivity contribution >= 4 is 46.6 Å². The molecule has 0 amide bonds. The lowest BCUT2D eigenvalue weighted by Crippen LogP contribution is -2.07. The van der Waals surface area contributed by atoms with Gasteiger partial charge in [-0.25, -0.2) is 4.39 Å². The van der Waals surface area contributed by atoms with Crippen LogP contribution in [0.5, 0.6) is 11.5 Å². The Hall–Kier alpha value is -4.30. The van der Waals surface area contributed by atoms with Crippen molar-refractivity contribution in [1.29, 1.82) is 0 Å². The van der Waals surface area contributed by atoms with Gasteiger partial charge in [0.05, 0.1) is 23.8 Å². The lowest BCUT2D eigenvalue weighted by atomic mass is 10.0. The van der Waals surface area contributed by atoms with Gasteiger partial charge in [-0.2, -0.15) is 0 Å². The van der Waals surface area contributed by atoms with Crippen molar-refractivity contribution in [3.05, 3.63) is 94.4 Å². The number of benzene rings is 3. The molecule has 1 aromatic heterocycles. The molecule has 0 aliphatic carbocycles. The van der Waals surface area contributed by atoms with Crippen molar-refractivity contribution in [2.24, 2.45) is 0 Å². The van der Waals surface area contributed by atoms with E-state index >= 15 is 0 Å². The lowest BCUT2D eigenvalue weighted by Gasteiger charge is -2.09. The number of carboxylic acids is 2. The summed E-state index contributed by atoms with van der Waals surface area (Å²) in [5.41, 5.74) is 3.55. The van der Waals surface area contributed by atoms with E-state index in [9.17, 15) is 19.1 Å². The third kappa shape index (κ3) is 8.35. The van der Waals surface area contributed by atoms with Crippen LogP contribution in [0.2, 0.25) is 5.02 Å². The number of nitrogens with zero attached hydrogens (tertiary/aromatic N) is 1. The Morgan fingerprint density at radius 1 is 0.878 bits per heavy atom. The largest absolute Gasteiger partial charge is 0.494 e. The molecule has 0 fully saturated rings. The topological polar surface area (TPSA) is 98.0 Å². The van der Waals surface area contributed by atoms with Gasteiger partial charge in [0.15, 0.2) is 11.6 Å². The molecule has 0 bridgehead atoms. The number of aromatic nitrogens is 1. The van der Waals surface area contributed by atoms with Crippen LogP contribution < -0.4 is 9.47 Å². The van der Waals surface area contributed by atoms with Gasteiger partial charge in [-0.15, -0.1) is 0 Å². The molecule has 3 aromatic carbocycles. The highest BCUT2D eigenvalue weighted by Crippen LogP contribution is 2.28. The molecule has 7 nitrogen and oxygen atoms in total. The normalized spacial score (nSPS) is 11.3. The number of rotatable bonds is 15. The summed E-state index contributed by atoms with van der Waals surface area (Å²) in [7, 11) is 0. The zero-order valence-electron chi connectivity index (χ0n) is 22.4. The molecule has 2 N–H and O–H groups in total. The van der Waals surface area contributed by atoms with Crippen LogP contribution in [0.4, 0.5) is 4.39 Å². The van der Waals surface area contributed by atoms with Crippen LogP contribution in [0.15, 0.2) is 66.9 Å². The first-order chi connectivity index (χ1) is 19.8. The molecule has 0 saturated heterocycles. The summed E-state index contributed by atoms with van der Waals surface area (Å²) in [6.45, 7) is 0.667. The highest BCUT2D eigenvalue weighted by atomic mass is 35.5. The van der Waals surface area contributed by atoms with E-state index in [1.807, 2.05) is 60.8 Å². The second kappa shape index (κ2) is 14.4. The van der Waals surface area contributed by atoms with Crippen LogP contribution in [0, 0.1) is 5.82 Å². The van der Waals surface area contributed by atoms with Gasteiger partial charge in [0, 0.05) is 18.0 Å². The summed E-state index contributed by atoms with van der Waals surface area (Å²) in [5.74, 6) is -1.48. The number of carboxylic acid groups (broad SMARTS) is 2. The van der Waals surface area contributed by atoms with Gasteiger partial charge in [-0.1, -0.05) is 60.2 Å². The average molecular weight is 580 g/mol. The van der Waals surface area contributed by atoms with Gasteiger partial charge in [-0.05, 0) is 66.6 Å². The fourth-order valence-corrected chi connectivity index (χ4v) is 4.70. The summed E-state index contributed by atoms with van der Waals surface area (Å²) in [6.07, 6.45) is 8.24. The zero-order chi connectivity index (χ0) is 29.2. The number of ether oxygens (including phenoxy) is 2. The van der Waals surface area contributed by atoms with Gasteiger partial charge in [-0.3, -0.25) is 9.59 Å². The highest BCUT2D eigenvalue weighted by Gasteiger charge is 2.14. The molecule has 0 radical (unpaired) electrons. The van der Waals surface area contributed by atoms with Crippen molar-refractivity contribution in [2.75, 3.05) is 13.2 Å². The third-order valence-electron chi connectivity index (χ3n) is 6.47. The first kappa shape index (κ1) is 29.7. The SMILES string of the molecule is O=C(O)CCCc1cn(CC(=O)O)c2c(C=Cc3ccc(OCCCCOc4cccc(Cl)c4F)cc3)cccc12. The van der Waals surface area contributed by atoms with Crippen molar-refractivity contribution in [1.82, 2.24) is 4.57 Å². The molecule has 0 unspecified atom stereocenters. The Morgan fingerprint density at radius 3 is 2.34 bits per heavy atom. The lowest BCUT2D eigenvalue weighted by molar-refractivity contribution is -0.138. The Balaban J connectivity index is 1.34. The van der Waals surface area contributed by atoms with E-state index < -0.39 is 17.8 Å². The minimum atomic E-state index is -0.948. The van der Waals surface area contributed by atoms with E-state index in [-0.39, 0.29) is 23.7 Å². The van der Waals surface area contributed by atoms with Gasteiger partial charge < -0.3 is 24.3 Å². The van der Waals surface area contributed by atoms with E-state index in [0.29, 0.717) is 32.5 Å². The molecule has 9 heteroatoms. The Kier molecular flexibility index (Phi) is 10.4. The Labute approximate surface area is 242 Å². The van der Waals surface area contributed by atoms with E-state index in [4.69, 9.17) is 26.2 Å². The van der Waals surface area contributed by atoms with Crippen LogP contribution in [0.25, 0.3) is 23.1 Å². The number of hydrogen-bond acceptors (Lipinski definition) is 4. The molecule has 1 heterocycles. The number of unbranched alkanes of at least 4 members (excludes halogenated alkanes) is 1. The number of halogens is 2. The summed E-state index contributed by atoms with van der Waals surface area (Å²) >= 11 is 5.76. The molecule has 0 spiro atoms. The van der Waals surface area contributed by atoms with E-state index in [1.54, 1.807) is 16.7 Å². The molecule has 0 aliphatic heterocycles. The maximum Gasteiger partial charge on any atom is 0.323 e. The molecule has 4 aromatic rings. The molecular weight excluding hydrogens is 549 g/mol. The van der Waals surface area contributed by atoms with Crippen LogP contribution in [-0.4, -0.2) is 39.9 Å². The summed E-state index contributed by atoms with van der Waals surface area (Å²) in [6, 6.07) is 18.1. The first-order valence-corrected chi connectivity index (χ1v) is 13.7. The summed E-state index contributed by atoms with van der Waals surface area (Å²) < 4.78 is 26.8. The van der Waals surface area contributed by atoms with Crippen LogP contribution in [0.1, 0.15) is 42.4 Å². The minimum Gasteiger partial charge on any atom is -0.494 e. The predicted octanol–water partition coefficient (Wildman–Crippen LogP) is 7.33. The number of fused-ring (bicyclic) bond motifs is 1. The molecule has 0 aliphatic rings. The zero-order valence-corrected chi connectivity index (χ0v) is 23.1. The maximum absolute atomic E-state index is 13.9. The molecule has 214 valence electrons. The fourth-order valence-electron chi connectivity index (χ4n) is 4.53. The monoisotopic (exact) mass is 579 g/mol. The van der Waals surface area contributed by atoms with Crippen molar-refractivity contribution < 1.29 is 33.7 Å². The van der Waals surface area contributed by atoms with Gasteiger partial charge in [0.2, 0.25) is 0 Å². The number of hydrogen-bond donors (Lipinski definition) is 2. The van der Waals surface area contributed by atoms with Crippen molar-refractivity contribution in [3.63, 3.8) is 0 Å². The number of para-hydroxylation sites is 1. The van der Waals surface area contributed by atoms with Gasteiger partial charge >= 0.3 is 11.9 Å². The van der Waals surface area contributed by atoms with Gasteiger partial charge in [0.1, 0.15) is 12.3 Å². The molecular formula is C32H31ClFNO6. The second-order valence-corrected chi connectivity index (χ2v) is 9.93. The van der Waals surface area contributed by atoms with E-state index in [2.05, 4.69) is 0 Å². The number of aryl methyl sites for hydroxylation is 1. The number of aliphatic carboxylic acids is 2. The third-order valence-corrected chi connectivity index (χ3v) is 6.76. The van der Waals surface area contributed by atoms with Crippen LogP contribution >= 0.6 is 11.6 Å². The Bertz CT molecular complexity index is 1530. The molecule has 4 rings (SSSR count). The van der Waals surface area contributed by atoms with Crippen LogP contribution in [0.3, 0.4) is 0 Å². The van der Waals surface area contributed by atoms with Crippen molar-refractivity contribution in [2.45, 2.75) is 38.6 Å². The maximum atomic E-state index is 13.9. The standard InChI is InChI=1S/C32H31ClFNO6/c33-27-9-5-10-28(31(27)34)41-19-2-1-18-40-25-16-13-22(14-17-25)12-15-23-6-3-8-26-24(7-4-11-29(36)37)20-35(32(23)26)21-30(38)39/h3,5-6,8-10,12-17,20H,1-2,4,7,11,18-19,21H2,(H,36,37)(H,38,39). The van der Waals surface area contributed by atoms with E-state index in [1.165, 1.54) is 6.07 Å². The average Bonchev–Trinajstić information content (AvgIpc) is 3.29. The quantitative estimate of drug-likeness (QED) is 0.113. The Morgan fingerprint density at radius 2 is 1.61 bits per heavy atom. The fraction of sp³-hybridized carbons (Fsp3) is 0.250. The molecule has 0 saturated carbocycles. The smallest absolute Gasteiger partial charge is 0.323 e. The van der Waals surface area contributed by atoms with Gasteiger partial charge in [0.25, 0.3) is 0 Å². The summed E-state index contributed by atoms with van der Waals surface area (Å²) in [5, 5.41) is 19.4. The second-order valence-electron chi connectivity index (χ2n) is 9.53. The molecule has 41 heavy (non-hydrogen) atoms. The first-order valence-electron chi connectivity index (χ1n) is 13.3. The predicted molar refractivity (Wildman–Crippen MR) is 157 cm³/mol. The van der Waals surface area contributed by atoms with Crippen LogP contribution in [-0.2, 0) is 22.6 Å². The highest BCUT2D eigenvalue weighted by molar-refractivity contribution is 6.30. The minimum absolute atomic E-state index is 0.0353.